The quantitative estimate of drug-likeness (QED) is 0.475. The lowest BCUT2D eigenvalue weighted by Gasteiger charge is -2.44. The first kappa shape index (κ1) is 5.72. The summed E-state index contributed by atoms with van der Waals surface area (Å²) < 4.78 is 0. The van der Waals surface area contributed by atoms with Crippen molar-refractivity contribution >= 4 is 0 Å². The normalized spacial score (nSPS) is 43.7. The number of fused-ring (bicyclic) bond motifs is 3. The summed E-state index contributed by atoms with van der Waals surface area (Å²) in [6.07, 6.45) is 7.38. The first-order chi connectivity index (χ1) is 4.38. The second kappa shape index (κ2) is 1.98. The zero-order valence-corrected chi connectivity index (χ0v) is 6.14. The van der Waals surface area contributed by atoms with Crippen molar-refractivity contribution in [1.82, 2.24) is 4.90 Å². The van der Waals surface area contributed by atoms with Gasteiger partial charge in [-0.25, -0.2) is 0 Å². The smallest absolute Gasteiger partial charge is 0.0110 e. The van der Waals surface area contributed by atoms with E-state index < -0.39 is 0 Å². The fourth-order valence-corrected chi connectivity index (χ4v) is 2.21. The summed E-state index contributed by atoms with van der Waals surface area (Å²) >= 11 is 0. The number of nitrogens with zero attached hydrogens (tertiary/aromatic N) is 1. The van der Waals surface area contributed by atoms with Crippen LogP contribution in [0.1, 0.15) is 32.1 Å². The van der Waals surface area contributed by atoms with Crippen molar-refractivity contribution in [1.29, 1.82) is 0 Å². The van der Waals surface area contributed by atoms with Gasteiger partial charge in [0.2, 0.25) is 0 Å². The molecule has 0 aromatic rings. The third-order valence-electron chi connectivity index (χ3n) is 3.02. The van der Waals surface area contributed by atoms with Gasteiger partial charge in [0, 0.05) is 12.1 Å². The van der Waals surface area contributed by atoms with Crippen molar-refractivity contribution in [3.05, 3.63) is 0 Å². The highest BCUT2D eigenvalue weighted by Gasteiger charge is 2.35. The molecule has 3 aliphatic rings. The van der Waals surface area contributed by atoms with E-state index in [4.69, 9.17) is 0 Å². The van der Waals surface area contributed by atoms with Gasteiger partial charge < -0.3 is 4.90 Å². The molecule has 3 fully saturated rings. The summed E-state index contributed by atoms with van der Waals surface area (Å²) in [4.78, 5) is 2.56. The van der Waals surface area contributed by atoms with Gasteiger partial charge in [0.15, 0.2) is 0 Å². The maximum absolute atomic E-state index is 2.56. The molecule has 0 amide bonds. The lowest BCUT2D eigenvalue weighted by molar-refractivity contribution is 0.0491. The zero-order valence-electron chi connectivity index (χ0n) is 6.14. The Morgan fingerprint density at radius 3 is 2.11 bits per heavy atom. The molecule has 0 aromatic carbocycles. The third kappa shape index (κ3) is 0.787. The first-order valence-electron chi connectivity index (χ1n) is 4.10. The van der Waals surface area contributed by atoms with Gasteiger partial charge in [0.1, 0.15) is 0 Å². The van der Waals surface area contributed by atoms with Crippen molar-refractivity contribution in [2.24, 2.45) is 0 Å². The number of hydrogen-bond acceptors (Lipinski definition) is 1. The SMILES string of the molecule is CN1C2CCCCC1C2. The summed E-state index contributed by atoms with van der Waals surface area (Å²) in [6.45, 7) is 0. The molecule has 0 radical (unpaired) electrons. The molecule has 52 valence electrons. The monoisotopic (exact) mass is 125 g/mol. The van der Waals surface area contributed by atoms with Crippen LogP contribution >= 0.6 is 0 Å². The van der Waals surface area contributed by atoms with Crippen LogP contribution in [0.5, 0.6) is 0 Å². The highest BCUT2D eigenvalue weighted by Crippen LogP contribution is 2.34. The summed E-state index contributed by atoms with van der Waals surface area (Å²) in [6, 6.07) is 1.94. The van der Waals surface area contributed by atoms with E-state index in [0.29, 0.717) is 0 Å². The molecule has 1 heteroatoms. The minimum Gasteiger partial charge on any atom is -0.300 e. The van der Waals surface area contributed by atoms with E-state index in [-0.39, 0.29) is 0 Å². The number of hydrogen-bond donors (Lipinski definition) is 0. The predicted octanol–water partition coefficient (Wildman–Crippen LogP) is 1.63. The van der Waals surface area contributed by atoms with Crippen molar-refractivity contribution in [2.45, 2.75) is 44.2 Å². The average Bonchev–Trinajstić information content (AvgIpc) is 2.17. The number of rotatable bonds is 0. The average molecular weight is 125 g/mol. The minimum absolute atomic E-state index is 0.970. The summed E-state index contributed by atoms with van der Waals surface area (Å²) in [5.74, 6) is 0. The molecule has 2 heterocycles. The van der Waals surface area contributed by atoms with E-state index in [1.54, 1.807) is 0 Å². The van der Waals surface area contributed by atoms with Gasteiger partial charge >= 0.3 is 0 Å². The Kier molecular flexibility index (Phi) is 1.26. The van der Waals surface area contributed by atoms with Crippen LogP contribution in [-0.4, -0.2) is 24.0 Å². The second-order valence-corrected chi connectivity index (χ2v) is 3.49. The largest absolute Gasteiger partial charge is 0.300 e. The minimum atomic E-state index is 0.970. The van der Waals surface area contributed by atoms with Gasteiger partial charge in [-0.15, -0.1) is 0 Å². The highest BCUT2D eigenvalue weighted by atomic mass is 15.2. The van der Waals surface area contributed by atoms with Crippen molar-refractivity contribution in [2.75, 3.05) is 7.05 Å². The van der Waals surface area contributed by atoms with E-state index >= 15 is 0 Å². The fourth-order valence-electron chi connectivity index (χ4n) is 2.21. The lowest BCUT2D eigenvalue weighted by atomic mass is 9.93. The molecule has 2 bridgehead atoms. The molecule has 2 saturated heterocycles. The molecule has 0 spiro atoms. The van der Waals surface area contributed by atoms with E-state index in [0.717, 1.165) is 12.1 Å². The molecular weight excluding hydrogens is 110 g/mol. The second-order valence-electron chi connectivity index (χ2n) is 3.49. The van der Waals surface area contributed by atoms with Crippen molar-refractivity contribution < 1.29 is 0 Å². The Morgan fingerprint density at radius 2 is 1.67 bits per heavy atom. The highest BCUT2D eigenvalue weighted by molar-refractivity contribution is 4.92. The molecule has 2 atom stereocenters. The summed E-state index contributed by atoms with van der Waals surface area (Å²) in [5.41, 5.74) is 0. The van der Waals surface area contributed by atoms with Crippen LogP contribution in [0.3, 0.4) is 0 Å². The van der Waals surface area contributed by atoms with Gasteiger partial charge in [-0.2, -0.15) is 0 Å². The summed E-state index contributed by atoms with van der Waals surface area (Å²) in [7, 11) is 2.28. The molecule has 0 aromatic heterocycles. The van der Waals surface area contributed by atoms with E-state index in [1.165, 1.54) is 32.1 Å². The van der Waals surface area contributed by atoms with Gasteiger partial charge in [0.05, 0.1) is 0 Å². The van der Waals surface area contributed by atoms with Crippen molar-refractivity contribution in [3.8, 4) is 0 Å². The van der Waals surface area contributed by atoms with Crippen LogP contribution < -0.4 is 0 Å². The van der Waals surface area contributed by atoms with E-state index in [1.807, 2.05) is 0 Å². The molecular formula is C8H15N. The van der Waals surface area contributed by atoms with E-state index in [2.05, 4.69) is 11.9 Å². The Bertz CT molecular complexity index is 95.1. The molecule has 2 unspecified atom stereocenters. The topological polar surface area (TPSA) is 3.24 Å². The molecule has 1 saturated carbocycles. The summed E-state index contributed by atoms with van der Waals surface area (Å²) in [5, 5.41) is 0. The van der Waals surface area contributed by atoms with Gasteiger partial charge in [-0.3, -0.25) is 0 Å². The fraction of sp³-hybridized carbons (Fsp3) is 1.00. The molecule has 9 heavy (non-hydrogen) atoms. The van der Waals surface area contributed by atoms with Crippen LogP contribution in [0, 0.1) is 0 Å². The van der Waals surface area contributed by atoms with Crippen LogP contribution in [-0.2, 0) is 0 Å². The lowest BCUT2D eigenvalue weighted by Crippen LogP contribution is -2.51. The maximum Gasteiger partial charge on any atom is 0.0110 e. The molecule has 2 aliphatic heterocycles. The van der Waals surface area contributed by atoms with E-state index in [9.17, 15) is 0 Å². The third-order valence-corrected chi connectivity index (χ3v) is 3.02. The van der Waals surface area contributed by atoms with Gasteiger partial charge in [-0.1, -0.05) is 12.8 Å². The van der Waals surface area contributed by atoms with Gasteiger partial charge in [-0.05, 0) is 26.3 Å². The Hall–Kier alpha value is -0.0400. The van der Waals surface area contributed by atoms with Crippen LogP contribution in [0.2, 0.25) is 0 Å². The van der Waals surface area contributed by atoms with Gasteiger partial charge in [0.25, 0.3) is 0 Å². The molecule has 1 nitrogen and oxygen atoms in total. The van der Waals surface area contributed by atoms with Crippen LogP contribution in [0.15, 0.2) is 0 Å². The van der Waals surface area contributed by atoms with Crippen LogP contribution in [0.4, 0.5) is 0 Å². The predicted molar refractivity (Wildman–Crippen MR) is 38.4 cm³/mol. The Morgan fingerprint density at radius 1 is 1.11 bits per heavy atom. The molecule has 0 N–H and O–H groups in total. The first-order valence-corrected chi connectivity index (χ1v) is 4.10. The maximum atomic E-state index is 2.56. The Labute approximate surface area is 57.0 Å². The standard InChI is InChI=1S/C8H15N/c1-9-7-4-2-3-5-8(9)6-7/h7-8H,2-6H2,1H3. The molecule has 1 aliphatic carbocycles. The Balaban J connectivity index is 2.01. The molecule has 3 rings (SSSR count). The van der Waals surface area contributed by atoms with Crippen LogP contribution in [0.25, 0.3) is 0 Å². The zero-order chi connectivity index (χ0) is 6.27. The van der Waals surface area contributed by atoms with Crippen molar-refractivity contribution in [3.63, 3.8) is 0 Å².